The lowest BCUT2D eigenvalue weighted by Gasteiger charge is -2.17. The second-order valence-electron chi connectivity index (χ2n) is 6.01. The summed E-state index contributed by atoms with van der Waals surface area (Å²) in [6.07, 6.45) is 5.48. The molecule has 1 aromatic carbocycles. The second kappa shape index (κ2) is 6.88. The van der Waals surface area contributed by atoms with E-state index in [1.54, 1.807) is 17.0 Å². The molecule has 1 N–H and O–H groups in total. The van der Waals surface area contributed by atoms with Gasteiger partial charge in [-0.15, -0.1) is 0 Å². The van der Waals surface area contributed by atoms with Gasteiger partial charge in [-0.1, -0.05) is 29.8 Å². The van der Waals surface area contributed by atoms with E-state index in [-0.39, 0.29) is 12.1 Å². The van der Waals surface area contributed by atoms with Gasteiger partial charge in [0.2, 0.25) is 10.0 Å². The normalized spacial score (nSPS) is 21.6. The standard InChI is InChI=1S/C17H21N3O3S/c1-13-3-5-14(6-4-13)8-10-24(21,22)19-16-7-9-23-17(16)15-11-18-20(2)12-15/h3-6,8,10-12,16-17,19H,7,9H2,1-2H3/b10-8+/t16-,17+/m0/s1. The number of ether oxygens (including phenoxy) is 1. The molecule has 0 aliphatic carbocycles. The summed E-state index contributed by atoms with van der Waals surface area (Å²) in [7, 11) is -1.72. The van der Waals surface area contributed by atoms with E-state index in [9.17, 15) is 8.42 Å². The molecule has 1 fully saturated rings. The molecule has 1 aliphatic heterocycles. The minimum Gasteiger partial charge on any atom is -0.372 e. The summed E-state index contributed by atoms with van der Waals surface area (Å²) in [5, 5.41) is 5.33. The Labute approximate surface area is 142 Å². The molecule has 0 saturated carbocycles. The minimum atomic E-state index is -3.55. The van der Waals surface area contributed by atoms with E-state index in [2.05, 4.69) is 9.82 Å². The number of aryl methyl sites for hydroxylation is 2. The molecular formula is C17H21N3O3S. The number of rotatable bonds is 5. The van der Waals surface area contributed by atoms with E-state index in [1.165, 1.54) is 5.41 Å². The van der Waals surface area contributed by atoms with Gasteiger partial charge in [0.05, 0.1) is 12.2 Å². The number of benzene rings is 1. The van der Waals surface area contributed by atoms with Crippen LogP contribution >= 0.6 is 0 Å². The predicted octanol–water partition coefficient (Wildman–Crippen LogP) is 2.15. The van der Waals surface area contributed by atoms with Gasteiger partial charge in [-0.25, -0.2) is 13.1 Å². The summed E-state index contributed by atoms with van der Waals surface area (Å²) >= 11 is 0. The number of hydrogen-bond acceptors (Lipinski definition) is 4. The summed E-state index contributed by atoms with van der Waals surface area (Å²) in [6, 6.07) is 7.38. The van der Waals surface area contributed by atoms with Gasteiger partial charge in [-0.05, 0) is 25.0 Å². The highest BCUT2D eigenvalue weighted by atomic mass is 32.2. The molecule has 0 bridgehead atoms. The molecule has 1 aromatic heterocycles. The molecule has 0 radical (unpaired) electrons. The Morgan fingerprint density at radius 1 is 1.33 bits per heavy atom. The predicted molar refractivity (Wildman–Crippen MR) is 92.6 cm³/mol. The monoisotopic (exact) mass is 347 g/mol. The first-order valence-corrected chi connectivity index (χ1v) is 9.35. The largest absolute Gasteiger partial charge is 0.372 e. The lowest BCUT2D eigenvalue weighted by molar-refractivity contribution is 0.102. The molecule has 0 amide bonds. The van der Waals surface area contributed by atoms with Crippen molar-refractivity contribution in [1.82, 2.24) is 14.5 Å². The fraction of sp³-hybridized carbons (Fsp3) is 0.353. The van der Waals surface area contributed by atoms with Crippen LogP contribution in [0.15, 0.2) is 42.1 Å². The van der Waals surface area contributed by atoms with Crippen LogP contribution in [0.2, 0.25) is 0 Å². The number of nitrogens with zero attached hydrogens (tertiary/aromatic N) is 2. The zero-order valence-corrected chi connectivity index (χ0v) is 14.5. The third-order valence-corrected chi connectivity index (χ3v) is 5.10. The van der Waals surface area contributed by atoms with Crippen molar-refractivity contribution in [2.45, 2.75) is 25.5 Å². The smallest absolute Gasteiger partial charge is 0.234 e. The Morgan fingerprint density at radius 3 is 2.75 bits per heavy atom. The van der Waals surface area contributed by atoms with Crippen molar-refractivity contribution in [3.8, 4) is 0 Å². The van der Waals surface area contributed by atoms with Crippen LogP contribution in [0.3, 0.4) is 0 Å². The molecular weight excluding hydrogens is 326 g/mol. The fourth-order valence-corrected chi connectivity index (χ4v) is 3.80. The summed E-state index contributed by atoms with van der Waals surface area (Å²) in [5.41, 5.74) is 2.86. The SMILES string of the molecule is Cc1ccc(/C=C/S(=O)(=O)N[C@H]2CCO[C@@H]2c2cnn(C)c2)cc1. The van der Waals surface area contributed by atoms with Crippen molar-refractivity contribution in [3.63, 3.8) is 0 Å². The Kier molecular flexibility index (Phi) is 4.84. The molecule has 2 heterocycles. The maximum atomic E-state index is 12.3. The first kappa shape index (κ1) is 16.9. The van der Waals surface area contributed by atoms with Crippen LogP contribution in [-0.2, 0) is 21.8 Å². The van der Waals surface area contributed by atoms with Crippen LogP contribution in [0.25, 0.3) is 6.08 Å². The Balaban J connectivity index is 1.70. The van der Waals surface area contributed by atoms with Crippen molar-refractivity contribution >= 4 is 16.1 Å². The number of sulfonamides is 1. The van der Waals surface area contributed by atoms with E-state index in [4.69, 9.17) is 4.74 Å². The van der Waals surface area contributed by atoms with Crippen LogP contribution in [0.5, 0.6) is 0 Å². The lowest BCUT2D eigenvalue weighted by atomic mass is 10.1. The number of aromatic nitrogens is 2. The third-order valence-electron chi connectivity index (χ3n) is 3.98. The molecule has 128 valence electrons. The highest BCUT2D eigenvalue weighted by Gasteiger charge is 2.32. The van der Waals surface area contributed by atoms with Gasteiger partial charge in [0.15, 0.2) is 0 Å². The van der Waals surface area contributed by atoms with Gasteiger partial charge < -0.3 is 4.74 Å². The zero-order chi connectivity index (χ0) is 17.2. The van der Waals surface area contributed by atoms with Crippen molar-refractivity contribution in [2.24, 2.45) is 7.05 Å². The Hall–Kier alpha value is -1.96. The van der Waals surface area contributed by atoms with Gasteiger partial charge >= 0.3 is 0 Å². The number of nitrogens with one attached hydrogen (secondary N) is 1. The molecule has 1 saturated heterocycles. The Morgan fingerprint density at radius 2 is 2.08 bits per heavy atom. The van der Waals surface area contributed by atoms with Crippen molar-refractivity contribution in [3.05, 3.63) is 58.8 Å². The molecule has 2 atom stereocenters. The molecule has 2 aromatic rings. The molecule has 1 aliphatic rings. The van der Waals surface area contributed by atoms with E-state index in [0.717, 1.165) is 16.7 Å². The maximum absolute atomic E-state index is 12.3. The van der Waals surface area contributed by atoms with E-state index >= 15 is 0 Å². The first-order chi connectivity index (χ1) is 11.4. The second-order valence-corrected chi connectivity index (χ2v) is 7.61. The maximum Gasteiger partial charge on any atom is 0.234 e. The van der Waals surface area contributed by atoms with Gasteiger partial charge in [0.1, 0.15) is 6.10 Å². The molecule has 0 spiro atoms. The third kappa shape index (κ3) is 4.11. The molecule has 24 heavy (non-hydrogen) atoms. The van der Waals surface area contributed by atoms with Gasteiger partial charge in [-0.2, -0.15) is 5.10 Å². The van der Waals surface area contributed by atoms with Crippen LogP contribution in [-0.4, -0.2) is 30.8 Å². The van der Waals surface area contributed by atoms with Crippen LogP contribution in [0, 0.1) is 6.92 Å². The van der Waals surface area contributed by atoms with Crippen molar-refractivity contribution in [2.75, 3.05) is 6.61 Å². The molecule has 3 rings (SSSR count). The number of hydrogen-bond donors (Lipinski definition) is 1. The van der Waals surface area contributed by atoms with Gasteiger partial charge in [-0.3, -0.25) is 4.68 Å². The molecule has 0 unspecified atom stereocenters. The van der Waals surface area contributed by atoms with Crippen LogP contribution in [0.4, 0.5) is 0 Å². The van der Waals surface area contributed by atoms with Gasteiger partial charge in [0.25, 0.3) is 0 Å². The van der Waals surface area contributed by atoms with Crippen LogP contribution in [0.1, 0.15) is 29.2 Å². The van der Waals surface area contributed by atoms with Gasteiger partial charge in [0, 0.05) is 30.8 Å². The summed E-state index contributed by atoms with van der Waals surface area (Å²) in [6.45, 7) is 2.51. The topological polar surface area (TPSA) is 73.2 Å². The average molecular weight is 347 g/mol. The quantitative estimate of drug-likeness (QED) is 0.899. The summed E-state index contributed by atoms with van der Waals surface area (Å²) in [5.74, 6) is 0. The fourth-order valence-electron chi connectivity index (χ4n) is 2.72. The van der Waals surface area contributed by atoms with Crippen molar-refractivity contribution in [1.29, 1.82) is 0 Å². The first-order valence-electron chi connectivity index (χ1n) is 7.80. The molecule has 7 heteroatoms. The van der Waals surface area contributed by atoms with E-state index in [1.807, 2.05) is 44.4 Å². The zero-order valence-electron chi connectivity index (χ0n) is 13.7. The van der Waals surface area contributed by atoms with E-state index < -0.39 is 10.0 Å². The van der Waals surface area contributed by atoms with E-state index in [0.29, 0.717) is 13.0 Å². The van der Waals surface area contributed by atoms with Crippen molar-refractivity contribution < 1.29 is 13.2 Å². The highest BCUT2D eigenvalue weighted by Crippen LogP contribution is 2.29. The minimum absolute atomic E-state index is 0.290. The highest BCUT2D eigenvalue weighted by molar-refractivity contribution is 7.92. The Bertz CT molecular complexity index is 825. The van der Waals surface area contributed by atoms with Crippen LogP contribution < -0.4 is 4.72 Å². The summed E-state index contributed by atoms with van der Waals surface area (Å²) < 4.78 is 34.8. The lowest BCUT2D eigenvalue weighted by Crippen LogP contribution is -2.35. The summed E-state index contributed by atoms with van der Waals surface area (Å²) in [4.78, 5) is 0. The average Bonchev–Trinajstić information content (AvgIpc) is 3.15. The molecule has 6 nitrogen and oxygen atoms in total.